The van der Waals surface area contributed by atoms with Crippen molar-refractivity contribution in [3.63, 3.8) is 0 Å². The molecule has 23 heavy (non-hydrogen) atoms. The van der Waals surface area contributed by atoms with Crippen LogP contribution >= 0.6 is 0 Å². The van der Waals surface area contributed by atoms with Crippen LogP contribution in [0.1, 0.15) is 19.3 Å². The van der Waals surface area contributed by atoms with Crippen LogP contribution in [0.25, 0.3) is 0 Å². The van der Waals surface area contributed by atoms with Gasteiger partial charge in [-0.15, -0.1) is 0 Å². The summed E-state index contributed by atoms with van der Waals surface area (Å²) in [6.45, 7) is 0. The summed E-state index contributed by atoms with van der Waals surface area (Å²) in [4.78, 5) is 25.6. The van der Waals surface area contributed by atoms with E-state index in [0.29, 0.717) is 53.5 Å². The number of hydrogen-bond acceptors (Lipinski definition) is 2. The highest BCUT2D eigenvalue weighted by Gasteiger charge is 2.53. The molecule has 0 N–H and O–H groups in total. The summed E-state index contributed by atoms with van der Waals surface area (Å²) in [6, 6.07) is 0. The van der Waals surface area contributed by atoms with Crippen LogP contribution in [-0.4, -0.2) is 11.6 Å². The van der Waals surface area contributed by atoms with Crippen molar-refractivity contribution in [2.75, 3.05) is 0 Å². The molecule has 8 atom stereocenters. The van der Waals surface area contributed by atoms with Crippen LogP contribution in [0, 0.1) is 47.3 Å². The molecule has 6 aliphatic rings. The molecule has 8 unspecified atom stereocenters. The molecule has 0 amide bonds. The van der Waals surface area contributed by atoms with Gasteiger partial charge < -0.3 is 0 Å². The van der Waals surface area contributed by atoms with Crippen LogP contribution in [0.2, 0.25) is 0 Å². The van der Waals surface area contributed by atoms with E-state index in [-0.39, 0.29) is 11.8 Å². The molecule has 6 rings (SSSR count). The lowest BCUT2D eigenvalue weighted by molar-refractivity contribution is -0.119. The lowest BCUT2D eigenvalue weighted by atomic mass is 9.84. The molecular formula is C21H20O2. The van der Waals surface area contributed by atoms with E-state index in [1.165, 1.54) is 0 Å². The minimum atomic E-state index is 0.189. The van der Waals surface area contributed by atoms with Gasteiger partial charge in [0.15, 0.2) is 11.6 Å². The molecular weight excluding hydrogens is 284 g/mol. The normalized spacial score (nSPS) is 50.8. The minimum absolute atomic E-state index is 0.189. The van der Waals surface area contributed by atoms with Gasteiger partial charge in [-0.25, -0.2) is 0 Å². The predicted molar refractivity (Wildman–Crippen MR) is 86.2 cm³/mol. The molecule has 0 aromatic carbocycles. The Labute approximate surface area is 136 Å². The summed E-state index contributed by atoms with van der Waals surface area (Å²) >= 11 is 0. The number of hydrogen-bond donors (Lipinski definition) is 0. The van der Waals surface area contributed by atoms with Crippen LogP contribution in [0.4, 0.5) is 0 Å². The summed E-state index contributed by atoms with van der Waals surface area (Å²) in [5.74, 6) is 3.93. The number of Topliss-reactive ketones (excluding diaryl/α,β-unsaturated/α-hetero) is 2. The Kier molecular flexibility index (Phi) is 2.23. The maximum atomic E-state index is 12.8. The average molecular weight is 304 g/mol. The quantitative estimate of drug-likeness (QED) is 0.734. The molecule has 2 saturated carbocycles. The number of carbonyl (C=O) groups is 2. The highest BCUT2D eigenvalue weighted by Crippen LogP contribution is 2.56. The number of fused-ring (bicyclic) bond motifs is 10. The van der Waals surface area contributed by atoms with Crippen molar-refractivity contribution in [1.82, 2.24) is 0 Å². The third-order valence-corrected chi connectivity index (χ3v) is 7.45. The van der Waals surface area contributed by atoms with E-state index in [1.807, 2.05) is 0 Å². The summed E-state index contributed by atoms with van der Waals surface area (Å²) in [6.07, 6.45) is 16.4. The highest BCUT2D eigenvalue weighted by atomic mass is 16.1. The lowest BCUT2D eigenvalue weighted by Crippen LogP contribution is -2.22. The van der Waals surface area contributed by atoms with Crippen molar-refractivity contribution in [3.8, 4) is 0 Å². The Bertz CT molecular complexity index is 701. The van der Waals surface area contributed by atoms with Gasteiger partial charge in [-0.3, -0.25) is 9.59 Å². The van der Waals surface area contributed by atoms with Gasteiger partial charge in [0.05, 0.1) is 0 Å². The van der Waals surface area contributed by atoms with E-state index in [2.05, 4.69) is 36.5 Å². The summed E-state index contributed by atoms with van der Waals surface area (Å²) in [7, 11) is 0. The molecule has 0 heterocycles. The van der Waals surface area contributed by atoms with Crippen molar-refractivity contribution in [2.45, 2.75) is 19.3 Å². The van der Waals surface area contributed by atoms with Gasteiger partial charge in [-0.2, -0.15) is 0 Å². The molecule has 116 valence electrons. The van der Waals surface area contributed by atoms with Crippen molar-refractivity contribution in [3.05, 3.63) is 47.6 Å². The molecule has 4 bridgehead atoms. The second-order valence-corrected chi connectivity index (χ2v) is 8.39. The maximum absolute atomic E-state index is 12.8. The van der Waals surface area contributed by atoms with E-state index in [0.717, 1.165) is 24.0 Å². The minimum Gasteiger partial charge on any atom is -0.294 e. The van der Waals surface area contributed by atoms with Crippen molar-refractivity contribution >= 4 is 11.6 Å². The monoisotopic (exact) mass is 304 g/mol. The Morgan fingerprint density at radius 1 is 0.696 bits per heavy atom. The van der Waals surface area contributed by atoms with Gasteiger partial charge in [-0.1, -0.05) is 36.5 Å². The average Bonchev–Trinajstić information content (AvgIpc) is 3.32. The summed E-state index contributed by atoms with van der Waals surface area (Å²) < 4.78 is 0. The third kappa shape index (κ3) is 1.46. The van der Waals surface area contributed by atoms with Crippen molar-refractivity contribution in [2.24, 2.45) is 47.3 Å². The molecule has 0 spiro atoms. The fourth-order valence-corrected chi connectivity index (χ4v) is 6.47. The molecule has 0 radical (unpaired) electrons. The zero-order valence-electron chi connectivity index (χ0n) is 13.0. The molecule has 6 aliphatic carbocycles. The van der Waals surface area contributed by atoms with Gasteiger partial charge in [0.1, 0.15) is 0 Å². The highest BCUT2D eigenvalue weighted by molar-refractivity contribution is 6.06. The maximum Gasteiger partial charge on any atom is 0.163 e. The van der Waals surface area contributed by atoms with E-state index < -0.39 is 0 Å². The van der Waals surface area contributed by atoms with Gasteiger partial charge in [0.25, 0.3) is 0 Å². The van der Waals surface area contributed by atoms with Crippen LogP contribution in [0.3, 0.4) is 0 Å². The van der Waals surface area contributed by atoms with Gasteiger partial charge in [0.2, 0.25) is 0 Å². The number of carbonyl (C=O) groups excluding carboxylic acids is 2. The van der Waals surface area contributed by atoms with Gasteiger partial charge in [-0.05, 0) is 59.5 Å². The predicted octanol–water partition coefficient (Wildman–Crippen LogP) is 3.27. The second kappa shape index (κ2) is 4.03. The van der Waals surface area contributed by atoms with Gasteiger partial charge >= 0.3 is 0 Å². The van der Waals surface area contributed by atoms with E-state index >= 15 is 0 Å². The second-order valence-electron chi connectivity index (χ2n) is 8.39. The summed E-state index contributed by atoms with van der Waals surface area (Å²) in [5, 5.41) is 0. The van der Waals surface area contributed by atoms with Crippen molar-refractivity contribution < 1.29 is 9.59 Å². The van der Waals surface area contributed by atoms with Crippen LogP contribution < -0.4 is 0 Å². The number of rotatable bonds is 2. The zero-order chi connectivity index (χ0) is 15.3. The zero-order valence-corrected chi connectivity index (χ0v) is 13.0. The number of allylic oxidation sites excluding steroid dienone is 8. The lowest BCUT2D eigenvalue weighted by Gasteiger charge is -2.18. The molecule has 2 heteroatoms. The Hall–Kier alpha value is -1.70. The third-order valence-electron chi connectivity index (χ3n) is 7.45. The number of ketones is 2. The van der Waals surface area contributed by atoms with Crippen LogP contribution in [-0.2, 0) is 9.59 Å². The van der Waals surface area contributed by atoms with E-state index in [9.17, 15) is 9.59 Å². The Morgan fingerprint density at radius 3 is 1.57 bits per heavy atom. The molecule has 2 fully saturated rings. The van der Waals surface area contributed by atoms with E-state index in [4.69, 9.17) is 0 Å². The van der Waals surface area contributed by atoms with Gasteiger partial charge in [0, 0.05) is 18.3 Å². The molecule has 0 aliphatic heterocycles. The Morgan fingerprint density at radius 2 is 1.13 bits per heavy atom. The molecule has 0 aromatic heterocycles. The van der Waals surface area contributed by atoms with Crippen LogP contribution in [0.5, 0.6) is 0 Å². The molecule has 2 nitrogen and oxygen atoms in total. The Balaban J connectivity index is 1.28. The SMILES string of the molecule is O=C1C(CC2=CC3C4C=CC(C4)C3C2=O)=CC2C3C=CC(C3)C12. The first kappa shape index (κ1) is 12.7. The fraction of sp³-hybridized carbons (Fsp3) is 0.524. The largest absolute Gasteiger partial charge is 0.294 e. The van der Waals surface area contributed by atoms with Crippen molar-refractivity contribution in [1.29, 1.82) is 0 Å². The standard InChI is InChI=1S/C21H20O2/c22-20-14(8-16-10-1-3-12(5-10)18(16)20)7-15-9-17-11-2-4-13(6-11)19(17)21(15)23/h1-4,8-13,16-19H,5-7H2. The van der Waals surface area contributed by atoms with E-state index in [1.54, 1.807) is 0 Å². The summed E-state index contributed by atoms with van der Waals surface area (Å²) in [5.41, 5.74) is 1.86. The van der Waals surface area contributed by atoms with Crippen LogP contribution in [0.15, 0.2) is 47.6 Å². The topological polar surface area (TPSA) is 34.1 Å². The smallest absolute Gasteiger partial charge is 0.163 e. The first-order chi connectivity index (χ1) is 11.2. The first-order valence-electron chi connectivity index (χ1n) is 9.07. The fourth-order valence-electron chi connectivity index (χ4n) is 6.47. The molecule has 0 saturated heterocycles. The first-order valence-corrected chi connectivity index (χ1v) is 9.07. The molecule has 0 aromatic rings.